The van der Waals surface area contributed by atoms with Gasteiger partial charge in [-0.3, -0.25) is 9.69 Å². The van der Waals surface area contributed by atoms with Gasteiger partial charge in [-0.2, -0.15) is 0 Å². The van der Waals surface area contributed by atoms with Crippen LogP contribution in [0.1, 0.15) is 0 Å². The topological polar surface area (TPSA) is 94.3 Å². The molecular weight excluding hydrogens is 302 g/mol. The standard InChI is InChI=1S/C15H17N3O5/c16-6-13-11-7-22-12-5-9(17-3-4-21-8-14(17)19)1-2-10(12)18(11)15(20)23-13/h1-2,5,11,13H,3-4,6-8,16H2/t11-,13+/m1/s1. The number of morpholine rings is 1. The van der Waals surface area contributed by atoms with Crippen LogP contribution in [-0.4, -0.2) is 57.1 Å². The van der Waals surface area contributed by atoms with Crippen LogP contribution in [-0.2, 0) is 14.3 Å². The van der Waals surface area contributed by atoms with E-state index >= 15 is 0 Å². The molecule has 3 heterocycles. The lowest BCUT2D eigenvalue weighted by atomic mass is 10.1. The molecule has 8 nitrogen and oxygen atoms in total. The average Bonchev–Trinajstić information content (AvgIpc) is 2.91. The van der Waals surface area contributed by atoms with Gasteiger partial charge in [0.25, 0.3) is 5.91 Å². The van der Waals surface area contributed by atoms with Crippen molar-refractivity contribution >= 4 is 23.4 Å². The molecule has 0 saturated carbocycles. The van der Waals surface area contributed by atoms with Crippen LogP contribution in [0.4, 0.5) is 16.2 Å². The second-order valence-corrected chi connectivity index (χ2v) is 5.66. The normalized spacial score (nSPS) is 26.5. The zero-order valence-corrected chi connectivity index (χ0v) is 12.4. The highest BCUT2D eigenvalue weighted by Gasteiger charge is 2.46. The Hall–Kier alpha value is -2.32. The molecule has 1 aromatic carbocycles. The van der Waals surface area contributed by atoms with Crippen molar-refractivity contribution in [2.75, 3.05) is 42.7 Å². The van der Waals surface area contributed by atoms with E-state index in [1.165, 1.54) is 0 Å². The predicted octanol–water partition coefficient (Wildman–Crippen LogP) is 0.0947. The largest absolute Gasteiger partial charge is 0.489 e. The number of ether oxygens (including phenoxy) is 3. The SMILES string of the molecule is NC[C@@H]1OC(=O)N2c3ccc(N4CCOCC4=O)cc3OC[C@H]12. The van der Waals surface area contributed by atoms with Gasteiger partial charge in [0, 0.05) is 24.8 Å². The summed E-state index contributed by atoms with van der Waals surface area (Å²) in [5.41, 5.74) is 7.02. The van der Waals surface area contributed by atoms with Crippen molar-refractivity contribution < 1.29 is 23.8 Å². The number of carbonyl (C=O) groups is 2. The Morgan fingerprint density at radius 2 is 2.17 bits per heavy atom. The molecule has 8 heteroatoms. The number of carbonyl (C=O) groups excluding carboxylic acids is 2. The number of nitrogens with zero attached hydrogens (tertiary/aromatic N) is 2. The third-order valence-electron chi connectivity index (χ3n) is 4.35. The van der Waals surface area contributed by atoms with Crippen LogP contribution >= 0.6 is 0 Å². The molecular formula is C15H17N3O5. The van der Waals surface area contributed by atoms with Crippen LogP contribution in [0.3, 0.4) is 0 Å². The molecule has 0 bridgehead atoms. The molecule has 2 atom stereocenters. The molecule has 0 unspecified atom stereocenters. The predicted molar refractivity (Wildman–Crippen MR) is 80.7 cm³/mol. The van der Waals surface area contributed by atoms with E-state index in [9.17, 15) is 9.59 Å². The van der Waals surface area contributed by atoms with E-state index in [1.807, 2.05) is 0 Å². The highest BCUT2D eigenvalue weighted by Crippen LogP contribution is 2.40. The van der Waals surface area contributed by atoms with Gasteiger partial charge in [0.15, 0.2) is 0 Å². The Morgan fingerprint density at radius 3 is 2.96 bits per heavy atom. The van der Waals surface area contributed by atoms with Gasteiger partial charge < -0.3 is 24.8 Å². The number of nitrogens with two attached hydrogens (primary N) is 1. The molecule has 1 aromatic rings. The van der Waals surface area contributed by atoms with Crippen molar-refractivity contribution in [2.45, 2.75) is 12.1 Å². The summed E-state index contributed by atoms with van der Waals surface area (Å²) in [6.07, 6.45) is -0.777. The number of cyclic esters (lactones) is 1. The van der Waals surface area contributed by atoms with E-state index in [2.05, 4.69) is 0 Å². The maximum atomic E-state index is 12.1. The molecule has 0 aromatic heterocycles. The first-order valence-electron chi connectivity index (χ1n) is 7.54. The van der Waals surface area contributed by atoms with Crippen LogP contribution in [0.15, 0.2) is 18.2 Å². The fourth-order valence-corrected chi connectivity index (χ4v) is 3.18. The molecule has 4 rings (SSSR count). The van der Waals surface area contributed by atoms with E-state index in [-0.39, 0.29) is 31.2 Å². The molecule has 2 amide bonds. The fraction of sp³-hybridized carbons (Fsp3) is 0.467. The lowest BCUT2D eigenvalue weighted by Crippen LogP contribution is -2.46. The van der Waals surface area contributed by atoms with Crippen molar-refractivity contribution in [1.82, 2.24) is 0 Å². The molecule has 0 spiro atoms. The number of amides is 2. The van der Waals surface area contributed by atoms with Crippen LogP contribution < -0.4 is 20.3 Å². The molecule has 0 aliphatic carbocycles. The quantitative estimate of drug-likeness (QED) is 0.830. The van der Waals surface area contributed by atoms with Crippen LogP contribution in [0, 0.1) is 0 Å². The summed E-state index contributed by atoms with van der Waals surface area (Å²) < 4.78 is 16.2. The van der Waals surface area contributed by atoms with Gasteiger partial charge in [-0.15, -0.1) is 0 Å². The first kappa shape index (κ1) is 14.3. The van der Waals surface area contributed by atoms with Crippen molar-refractivity contribution in [3.05, 3.63) is 18.2 Å². The van der Waals surface area contributed by atoms with Gasteiger partial charge in [0.1, 0.15) is 31.1 Å². The van der Waals surface area contributed by atoms with Crippen LogP contribution in [0.5, 0.6) is 5.75 Å². The Kier molecular flexibility index (Phi) is 3.35. The minimum Gasteiger partial charge on any atom is -0.489 e. The third-order valence-corrected chi connectivity index (χ3v) is 4.35. The Labute approximate surface area is 132 Å². The molecule has 0 radical (unpaired) electrons. The maximum Gasteiger partial charge on any atom is 0.415 e. The highest BCUT2D eigenvalue weighted by molar-refractivity contribution is 5.97. The summed E-state index contributed by atoms with van der Waals surface area (Å²) in [5, 5.41) is 0. The third kappa shape index (κ3) is 2.22. The zero-order chi connectivity index (χ0) is 16.0. The highest BCUT2D eigenvalue weighted by atomic mass is 16.6. The second kappa shape index (κ2) is 5.39. The summed E-state index contributed by atoms with van der Waals surface area (Å²) >= 11 is 0. The molecule has 3 aliphatic heterocycles. The number of rotatable bonds is 2. The smallest absolute Gasteiger partial charge is 0.415 e. The fourth-order valence-electron chi connectivity index (χ4n) is 3.18. The maximum absolute atomic E-state index is 12.1. The van der Waals surface area contributed by atoms with Crippen molar-refractivity contribution in [3.8, 4) is 5.75 Å². The molecule has 23 heavy (non-hydrogen) atoms. The van der Waals surface area contributed by atoms with Gasteiger partial charge in [0.2, 0.25) is 0 Å². The number of hydrogen-bond donors (Lipinski definition) is 1. The summed E-state index contributed by atoms with van der Waals surface area (Å²) in [4.78, 5) is 27.3. The minimum atomic E-state index is -0.412. The summed E-state index contributed by atoms with van der Waals surface area (Å²) in [6, 6.07) is 5.14. The van der Waals surface area contributed by atoms with Gasteiger partial charge in [-0.25, -0.2) is 4.79 Å². The Morgan fingerprint density at radius 1 is 1.30 bits per heavy atom. The zero-order valence-electron chi connectivity index (χ0n) is 12.4. The summed E-state index contributed by atoms with van der Waals surface area (Å²) in [7, 11) is 0. The van der Waals surface area contributed by atoms with E-state index < -0.39 is 6.09 Å². The van der Waals surface area contributed by atoms with Gasteiger partial charge in [-0.1, -0.05) is 0 Å². The second-order valence-electron chi connectivity index (χ2n) is 5.66. The van der Waals surface area contributed by atoms with E-state index in [0.717, 1.165) is 5.69 Å². The van der Waals surface area contributed by atoms with Gasteiger partial charge in [0.05, 0.1) is 12.3 Å². The minimum absolute atomic E-state index is 0.0800. The van der Waals surface area contributed by atoms with Gasteiger partial charge >= 0.3 is 6.09 Å². The Bertz CT molecular complexity index is 665. The van der Waals surface area contributed by atoms with Gasteiger partial charge in [-0.05, 0) is 12.1 Å². The van der Waals surface area contributed by atoms with E-state index in [0.29, 0.717) is 31.2 Å². The number of fused-ring (bicyclic) bond motifs is 3. The molecule has 2 saturated heterocycles. The average molecular weight is 319 g/mol. The number of anilines is 2. The molecule has 3 aliphatic rings. The molecule has 2 fully saturated rings. The molecule has 2 N–H and O–H groups in total. The first-order chi connectivity index (χ1) is 11.2. The van der Waals surface area contributed by atoms with Crippen molar-refractivity contribution in [1.29, 1.82) is 0 Å². The lowest BCUT2D eigenvalue weighted by molar-refractivity contribution is -0.125. The van der Waals surface area contributed by atoms with Crippen LogP contribution in [0.2, 0.25) is 0 Å². The van der Waals surface area contributed by atoms with Crippen LogP contribution in [0.25, 0.3) is 0 Å². The van der Waals surface area contributed by atoms with Crippen molar-refractivity contribution in [3.63, 3.8) is 0 Å². The number of hydrogen-bond acceptors (Lipinski definition) is 6. The number of benzene rings is 1. The summed E-state index contributed by atoms with van der Waals surface area (Å²) in [6.45, 7) is 1.66. The monoisotopic (exact) mass is 319 g/mol. The Balaban J connectivity index is 1.66. The molecule has 122 valence electrons. The summed E-state index contributed by atoms with van der Waals surface area (Å²) in [5.74, 6) is 0.473. The van der Waals surface area contributed by atoms with Crippen molar-refractivity contribution in [2.24, 2.45) is 5.73 Å². The van der Waals surface area contributed by atoms with E-state index in [4.69, 9.17) is 19.9 Å². The first-order valence-corrected chi connectivity index (χ1v) is 7.54. The lowest BCUT2D eigenvalue weighted by Gasteiger charge is -2.33. The van der Waals surface area contributed by atoms with E-state index in [1.54, 1.807) is 28.0 Å².